The van der Waals surface area contributed by atoms with Gasteiger partial charge < -0.3 is 10.7 Å². The third-order valence-corrected chi connectivity index (χ3v) is 3.66. The smallest absolute Gasteiger partial charge is 0.127 e. The van der Waals surface area contributed by atoms with Crippen molar-refractivity contribution in [2.45, 2.75) is 37.6 Å². The summed E-state index contributed by atoms with van der Waals surface area (Å²) in [5, 5.41) is 0. The lowest BCUT2D eigenvalue weighted by Crippen LogP contribution is -2.39. The standard InChI is InChI=1S/C13H16FN3/c14-9-4-5-10-11(8-9)17-12(16-10)13(15)6-2-1-3-7-13/h4-5,8H,1-3,6-7,15H2,(H,16,17). The van der Waals surface area contributed by atoms with Gasteiger partial charge in [-0.3, -0.25) is 0 Å². The van der Waals surface area contributed by atoms with E-state index in [-0.39, 0.29) is 11.4 Å². The van der Waals surface area contributed by atoms with Crippen LogP contribution in [-0.4, -0.2) is 9.97 Å². The van der Waals surface area contributed by atoms with Crippen LogP contribution in [0.2, 0.25) is 0 Å². The number of hydrogen-bond donors (Lipinski definition) is 2. The number of nitrogens with zero attached hydrogens (tertiary/aromatic N) is 1. The van der Waals surface area contributed by atoms with Crippen molar-refractivity contribution in [2.24, 2.45) is 5.73 Å². The van der Waals surface area contributed by atoms with Crippen molar-refractivity contribution in [3.63, 3.8) is 0 Å². The third kappa shape index (κ3) is 1.82. The maximum absolute atomic E-state index is 13.1. The molecular formula is C13H16FN3. The topological polar surface area (TPSA) is 54.7 Å². The fourth-order valence-corrected chi connectivity index (χ4v) is 2.64. The zero-order valence-electron chi connectivity index (χ0n) is 9.67. The molecule has 1 heterocycles. The van der Waals surface area contributed by atoms with E-state index in [2.05, 4.69) is 9.97 Å². The summed E-state index contributed by atoms with van der Waals surface area (Å²) >= 11 is 0. The van der Waals surface area contributed by atoms with Crippen LogP contribution in [0.5, 0.6) is 0 Å². The molecule has 0 unspecified atom stereocenters. The Balaban J connectivity index is 2.05. The number of nitrogens with two attached hydrogens (primary N) is 1. The molecule has 0 aliphatic heterocycles. The van der Waals surface area contributed by atoms with E-state index in [0.717, 1.165) is 42.5 Å². The van der Waals surface area contributed by atoms with Gasteiger partial charge in [-0.25, -0.2) is 9.37 Å². The summed E-state index contributed by atoms with van der Waals surface area (Å²) < 4.78 is 13.1. The summed E-state index contributed by atoms with van der Waals surface area (Å²) in [4.78, 5) is 7.67. The van der Waals surface area contributed by atoms with Crippen LogP contribution in [0.4, 0.5) is 4.39 Å². The van der Waals surface area contributed by atoms with Crippen molar-refractivity contribution >= 4 is 11.0 Å². The van der Waals surface area contributed by atoms with E-state index < -0.39 is 0 Å². The highest BCUT2D eigenvalue weighted by Gasteiger charge is 2.32. The molecule has 0 saturated heterocycles. The number of hydrogen-bond acceptors (Lipinski definition) is 2. The lowest BCUT2D eigenvalue weighted by atomic mass is 9.82. The van der Waals surface area contributed by atoms with Crippen molar-refractivity contribution in [1.29, 1.82) is 0 Å². The van der Waals surface area contributed by atoms with E-state index in [1.54, 1.807) is 6.07 Å². The summed E-state index contributed by atoms with van der Waals surface area (Å²) in [5.74, 6) is 0.556. The number of halogens is 1. The molecule has 0 bridgehead atoms. The van der Waals surface area contributed by atoms with Gasteiger partial charge in [-0.05, 0) is 31.0 Å². The van der Waals surface area contributed by atoms with Gasteiger partial charge in [0.1, 0.15) is 11.6 Å². The summed E-state index contributed by atoms with van der Waals surface area (Å²) in [7, 11) is 0. The van der Waals surface area contributed by atoms with Crippen LogP contribution in [0.1, 0.15) is 37.9 Å². The summed E-state index contributed by atoms with van der Waals surface area (Å²) in [6.07, 6.45) is 5.43. The van der Waals surface area contributed by atoms with E-state index in [0.29, 0.717) is 0 Å². The zero-order valence-corrected chi connectivity index (χ0v) is 9.67. The molecule has 0 atom stereocenters. The van der Waals surface area contributed by atoms with Crippen LogP contribution >= 0.6 is 0 Å². The van der Waals surface area contributed by atoms with Crippen LogP contribution in [0.25, 0.3) is 11.0 Å². The zero-order chi connectivity index (χ0) is 11.9. The first-order valence-electron chi connectivity index (χ1n) is 6.12. The molecule has 1 fully saturated rings. The number of aromatic nitrogens is 2. The highest BCUT2D eigenvalue weighted by atomic mass is 19.1. The molecule has 17 heavy (non-hydrogen) atoms. The van der Waals surface area contributed by atoms with E-state index in [4.69, 9.17) is 5.73 Å². The average Bonchev–Trinajstić information content (AvgIpc) is 2.73. The van der Waals surface area contributed by atoms with Crippen molar-refractivity contribution < 1.29 is 4.39 Å². The minimum Gasteiger partial charge on any atom is -0.340 e. The fourth-order valence-electron chi connectivity index (χ4n) is 2.64. The first kappa shape index (κ1) is 10.7. The van der Waals surface area contributed by atoms with E-state index in [1.165, 1.54) is 18.6 Å². The van der Waals surface area contributed by atoms with Crippen LogP contribution in [-0.2, 0) is 5.54 Å². The van der Waals surface area contributed by atoms with Gasteiger partial charge in [-0.2, -0.15) is 0 Å². The van der Waals surface area contributed by atoms with E-state index >= 15 is 0 Å². The van der Waals surface area contributed by atoms with Gasteiger partial charge in [0.2, 0.25) is 0 Å². The summed E-state index contributed by atoms with van der Waals surface area (Å²) in [5.41, 5.74) is 7.56. The van der Waals surface area contributed by atoms with E-state index in [9.17, 15) is 4.39 Å². The normalized spacial score (nSPS) is 19.6. The first-order valence-corrected chi connectivity index (χ1v) is 6.12. The van der Waals surface area contributed by atoms with Gasteiger partial charge in [0, 0.05) is 0 Å². The lowest BCUT2D eigenvalue weighted by Gasteiger charge is -2.31. The maximum atomic E-state index is 13.1. The SMILES string of the molecule is NC1(c2nc3ccc(F)cc3[nH]2)CCCCC1. The Morgan fingerprint density at radius 3 is 2.76 bits per heavy atom. The number of benzene rings is 1. The minimum absolute atomic E-state index is 0.248. The summed E-state index contributed by atoms with van der Waals surface area (Å²) in [6.45, 7) is 0. The Bertz CT molecular complexity index is 541. The molecule has 4 heteroatoms. The highest BCUT2D eigenvalue weighted by molar-refractivity contribution is 5.75. The summed E-state index contributed by atoms with van der Waals surface area (Å²) in [6, 6.07) is 4.59. The van der Waals surface area contributed by atoms with Gasteiger partial charge in [-0.1, -0.05) is 19.3 Å². The Hall–Kier alpha value is -1.42. The molecule has 3 nitrogen and oxygen atoms in total. The number of imidazole rings is 1. The average molecular weight is 233 g/mol. The molecular weight excluding hydrogens is 217 g/mol. The number of aromatic amines is 1. The first-order chi connectivity index (χ1) is 8.17. The monoisotopic (exact) mass is 233 g/mol. The Labute approximate surface area is 99.2 Å². The Morgan fingerprint density at radius 1 is 1.24 bits per heavy atom. The van der Waals surface area contributed by atoms with Crippen LogP contribution in [0.3, 0.4) is 0 Å². The molecule has 90 valence electrons. The molecule has 1 saturated carbocycles. The van der Waals surface area contributed by atoms with Crippen molar-refractivity contribution in [3.8, 4) is 0 Å². The second-order valence-electron chi connectivity index (χ2n) is 4.96. The van der Waals surface area contributed by atoms with Gasteiger partial charge in [0.05, 0.1) is 16.6 Å². The molecule has 1 aromatic heterocycles. The van der Waals surface area contributed by atoms with Gasteiger partial charge in [0.15, 0.2) is 0 Å². The molecule has 1 aromatic carbocycles. The number of nitrogens with one attached hydrogen (secondary N) is 1. The van der Waals surface area contributed by atoms with Crippen molar-refractivity contribution in [3.05, 3.63) is 29.8 Å². The van der Waals surface area contributed by atoms with Crippen LogP contribution in [0, 0.1) is 5.82 Å². The van der Waals surface area contributed by atoms with Gasteiger partial charge in [0.25, 0.3) is 0 Å². The maximum Gasteiger partial charge on any atom is 0.127 e. The second kappa shape index (κ2) is 3.81. The van der Waals surface area contributed by atoms with Crippen molar-refractivity contribution in [1.82, 2.24) is 9.97 Å². The molecule has 0 amide bonds. The second-order valence-corrected chi connectivity index (χ2v) is 4.96. The largest absolute Gasteiger partial charge is 0.340 e. The molecule has 2 aromatic rings. The van der Waals surface area contributed by atoms with Crippen LogP contribution in [0.15, 0.2) is 18.2 Å². The highest BCUT2D eigenvalue weighted by Crippen LogP contribution is 2.34. The van der Waals surface area contributed by atoms with Crippen LogP contribution < -0.4 is 5.73 Å². The Morgan fingerprint density at radius 2 is 2.00 bits per heavy atom. The quantitative estimate of drug-likeness (QED) is 0.795. The lowest BCUT2D eigenvalue weighted by molar-refractivity contribution is 0.289. The molecule has 1 aliphatic rings. The number of rotatable bonds is 1. The number of fused-ring (bicyclic) bond motifs is 1. The number of H-pyrrole nitrogens is 1. The molecule has 1 aliphatic carbocycles. The third-order valence-electron chi connectivity index (χ3n) is 3.66. The molecule has 0 radical (unpaired) electrons. The Kier molecular flexibility index (Phi) is 2.40. The van der Waals surface area contributed by atoms with E-state index in [1.807, 2.05) is 0 Å². The predicted molar refractivity (Wildman–Crippen MR) is 65.0 cm³/mol. The van der Waals surface area contributed by atoms with Crippen molar-refractivity contribution in [2.75, 3.05) is 0 Å². The fraction of sp³-hybridized carbons (Fsp3) is 0.462. The predicted octanol–water partition coefficient (Wildman–Crippen LogP) is 2.82. The molecule has 3 N–H and O–H groups in total. The minimum atomic E-state index is -0.353. The molecule has 0 spiro atoms. The van der Waals surface area contributed by atoms with Gasteiger partial charge >= 0.3 is 0 Å². The molecule has 3 rings (SSSR count). The van der Waals surface area contributed by atoms with Gasteiger partial charge in [-0.15, -0.1) is 0 Å².